The Labute approximate surface area is 157 Å². The summed E-state index contributed by atoms with van der Waals surface area (Å²) >= 11 is 0. The quantitative estimate of drug-likeness (QED) is 0.797. The standard InChI is InChI=1S/C20H28N2O3S/c1-12-9-13(2)16(5)20(15(12)4)26(23,24)22(7)11-18-17(6)19(25-8)14(3)10-21-18/h9-10H,11H2,1-8H3. The molecule has 6 heteroatoms. The number of rotatable bonds is 5. The first-order valence-corrected chi connectivity index (χ1v) is 9.99. The van der Waals surface area contributed by atoms with Crippen molar-refractivity contribution < 1.29 is 13.2 Å². The summed E-state index contributed by atoms with van der Waals surface area (Å²) in [6.45, 7) is 11.6. The van der Waals surface area contributed by atoms with Gasteiger partial charge < -0.3 is 4.74 Å². The zero-order valence-corrected chi connectivity index (χ0v) is 17.7. The van der Waals surface area contributed by atoms with Crippen LogP contribution in [0.25, 0.3) is 0 Å². The van der Waals surface area contributed by atoms with E-state index in [1.54, 1.807) is 20.4 Å². The highest BCUT2D eigenvalue weighted by atomic mass is 32.2. The van der Waals surface area contributed by atoms with Crippen molar-refractivity contribution in [2.75, 3.05) is 14.2 Å². The molecule has 1 heterocycles. The number of sulfonamides is 1. The molecule has 0 N–H and O–H groups in total. The lowest BCUT2D eigenvalue weighted by Crippen LogP contribution is -2.29. The Morgan fingerprint density at radius 3 is 2.00 bits per heavy atom. The highest BCUT2D eigenvalue weighted by Crippen LogP contribution is 2.30. The fourth-order valence-electron chi connectivity index (χ4n) is 3.25. The van der Waals surface area contributed by atoms with Gasteiger partial charge in [0.1, 0.15) is 5.75 Å². The van der Waals surface area contributed by atoms with Crippen LogP contribution in [0.4, 0.5) is 0 Å². The summed E-state index contributed by atoms with van der Waals surface area (Å²) in [5.41, 5.74) is 6.04. The number of ether oxygens (including phenoxy) is 1. The van der Waals surface area contributed by atoms with Crippen LogP contribution in [0, 0.1) is 41.5 Å². The third kappa shape index (κ3) is 3.48. The van der Waals surface area contributed by atoms with Gasteiger partial charge in [0.15, 0.2) is 0 Å². The highest BCUT2D eigenvalue weighted by molar-refractivity contribution is 7.89. The normalized spacial score (nSPS) is 11.9. The van der Waals surface area contributed by atoms with Crippen LogP contribution >= 0.6 is 0 Å². The smallest absolute Gasteiger partial charge is 0.243 e. The van der Waals surface area contributed by atoms with E-state index in [4.69, 9.17) is 4.74 Å². The molecule has 0 fully saturated rings. The van der Waals surface area contributed by atoms with E-state index in [1.807, 2.05) is 47.6 Å². The maximum Gasteiger partial charge on any atom is 0.243 e. The van der Waals surface area contributed by atoms with Gasteiger partial charge in [-0.1, -0.05) is 6.07 Å². The van der Waals surface area contributed by atoms with Crippen LogP contribution in [0.3, 0.4) is 0 Å². The maximum atomic E-state index is 13.3. The fourth-order valence-corrected chi connectivity index (χ4v) is 4.95. The van der Waals surface area contributed by atoms with Crippen molar-refractivity contribution in [1.82, 2.24) is 9.29 Å². The van der Waals surface area contributed by atoms with E-state index in [1.165, 1.54) is 4.31 Å². The van der Waals surface area contributed by atoms with E-state index < -0.39 is 10.0 Å². The number of methoxy groups -OCH3 is 1. The highest BCUT2D eigenvalue weighted by Gasteiger charge is 2.27. The van der Waals surface area contributed by atoms with Gasteiger partial charge in [-0.2, -0.15) is 4.31 Å². The minimum atomic E-state index is -3.64. The second-order valence-corrected chi connectivity index (χ2v) is 8.88. The maximum absolute atomic E-state index is 13.3. The first kappa shape index (κ1) is 20.4. The topological polar surface area (TPSA) is 59.5 Å². The number of hydrogen-bond donors (Lipinski definition) is 0. The molecule has 1 aromatic heterocycles. The van der Waals surface area contributed by atoms with Crippen molar-refractivity contribution >= 4 is 10.0 Å². The average Bonchev–Trinajstić information content (AvgIpc) is 2.56. The second-order valence-electron chi connectivity index (χ2n) is 6.90. The lowest BCUT2D eigenvalue weighted by Gasteiger charge is -2.23. The Bertz CT molecular complexity index is 924. The Morgan fingerprint density at radius 1 is 0.962 bits per heavy atom. The number of hydrogen-bond acceptors (Lipinski definition) is 4. The Hall–Kier alpha value is -1.92. The van der Waals surface area contributed by atoms with Gasteiger partial charge >= 0.3 is 0 Å². The van der Waals surface area contributed by atoms with Gasteiger partial charge in [-0.25, -0.2) is 8.42 Å². The number of aromatic nitrogens is 1. The average molecular weight is 377 g/mol. The molecule has 0 bridgehead atoms. The van der Waals surface area contributed by atoms with Gasteiger partial charge in [-0.15, -0.1) is 0 Å². The van der Waals surface area contributed by atoms with Gasteiger partial charge in [0.25, 0.3) is 0 Å². The first-order valence-electron chi connectivity index (χ1n) is 8.55. The summed E-state index contributed by atoms with van der Waals surface area (Å²) in [6.07, 6.45) is 1.72. The molecule has 2 rings (SSSR count). The zero-order valence-electron chi connectivity index (χ0n) is 16.9. The second kappa shape index (κ2) is 7.37. The van der Waals surface area contributed by atoms with Gasteiger partial charge in [-0.3, -0.25) is 4.98 Å². The largest absolute Gasteiger partial charge is 0.496 e. The molecule has 26 heavy (non-hydrogen) atoms. The van der Waals surface area contributed by atoms with Crippen LogP contribution in [0.1, 0.15) is 39.1 Å². The summed E-state index contributed by atoms with van der Waals surface area (Å²) in [6, 6.07) is 2.03. The molecule has 0 spiro atoms. The van der Waals surface area contributed by atoms with Crippen molar-refractivity contribution in [3.05, 3.63) is 51.3 Å². The predicted molar refractivity (Wildman–Crippen MR) is 104 cm³/mol. The molecule has 0 aliphatic rings. The number of nitrogens with zero attached hydrogens (tertiary/aromatic N) is 2. The number of aryl methyl sites for hydroxylation is 3. The van der Waals surface area contributed by atoms with Gasteiger partial charge in [0, 0.05) is 24.4 Å². The molecule has 0 unspecified atom stereocenters. The predicted octanol–water partition coefficient (Wildman–Crippen LogP) is 3.76. The zero-order chi connectivity index (χ0) is 19.8. The lowest BCUT2D eigenvalue weighted by atomic mass is 10.0. The molecular formula is C20H28N2O3S. The number of benzene rings is 1. The molecular weight excluding hydrogens is 348 g/mol. The lowest BCUT2D eigenvalue weighted by molar-refractivity contribution is 0.404. The van der Waals surface area contributed by atoms with E-state index in [9.17, 15) is 8.42 Å². The Kier molecular flexibility index (Phi) is 5.78. The summed E-state index contributed by atoms with van der Waals surface area (Å²) in [5.74, 6) is 0.750. The summed E-state index contributed by atoms with van der Waals surface area (Å²) < 4.78 is 33.4. The van der Waals surface area contributed by atoms with Crippen LogP contribution in [0.2, 0.25) is 0 Å². The van der Waals surface area contributed by atoms with E-state index in [2.05, 4.69) is 4.98 Å². The van der Waals surface area contributed by atoms with Crippen molar-refractivity contribution in [3.8, 4) is 5.75 Å². The Balaban J connectivity index is 2.50. The van der Waals surface area contributed by atoms with Crippen LogP contribution < -0.4 is 4.74 Å². The first-order chi connectivity index (χ1) is 12.0. The molecule has 5 nitrogen and oxygen atoms in total. The van der Waals surface area contributed by atoms with E-state index in [0.717, 1.165) is 39.1 Å². The van der Waals surface area contributed by atoms with Crippen LogP contribution in [0.5, 0.6) is 5.75 Å². The third-order valence-corrected chi connectivity index (χ3v) is 7.17. The van der Waals surface area contributed by atoms with E-state index in [0.29, 0.717) is 10.6 Å². The molecule has 0 atom stereocenters. The molecule has 0 aliphatic heterocycles. The molecule has 0 saturated carbocycles. The monoisotopic (exact) mass is 376 g/mol. The summed E-state index contributed by atoms with van der Waals surface area (Å²) in [7, 11) is -0.428. The van der Waals surface area contributed by atoms with Crippen molar-refractivity contribution in [3.63, 3.8) is 0 Å². The van der Waals surface area contributed by atoms with Crippen LogP contribution in [0.15, 0.2) is 17.2 Å². The minimum absolute atomic E-state index is 0.191. The van der Waals surface area contributed by atoms with Crippen molar-refractivity contribution in [2.24, 2.45) is 0 Å². The van der Waals surface area contributed by atoms with Crippen LogP contribution in [-0.2, 0) is 16.6 Å². The molecule has 142 valence electrons. The van der Waals surface area contributed by atoms with Gasteiger partial charge in [0.2, 0.25) is 10.0 Å². The third-order valence-electron chi connectivity index (χ3n) is 5.09. The summed E-state index contributed by atoms with van der Waals surface area (Å²) in [5, 5.41) is 0. The summed E-state index contributed by atoms with van der Waals surface area (Å²) in [4.78, 5) is 4.82. The van der Waals surface area contributed by atoms with E-state index in [-0.39, 0.29) is 6.54 Å². The van der Waals surface area contributed by atoms with Crippen molar-refractivity contribution in [2.45, 2.75) is 53.0 Å². The molecule has 1 aromatic carbocycles. The van der Waals surface area contributed by atoms with E-state index >= 15 is 0 Å². The number of pyridine rings is 1. The molecule has 0 aliphatic carbocycles. The van der Waals surface area contributed by atoms with Gasteiger partial charge in [-0.05, 0) is 63.8 Å². The minimum Gasteiger partial charge on any atom is -0.496 e. The molecule has 0 radical (unpaired) electrons. The molecule has 0 amide bonds. The van der Waals surface area contributed by atoms with Crippen LogP contribution in [-0.4, -0.2) is 31.9 Å². The molecule has 2 aromatic rings. The Morgan fingerprint density at radius 2 is 1.50 bits per heavy atom. The SMILES string of the molecule is COc1c(C)cnc(CN(C)S(=O)(=O)c2c(C)c(C)cc(C)c2C)c1C. The van der Waals surface area contributed by atoms with Gasteiger partial charge in [0.05, 0.1) is 24.2 Å². The van der Waals surface area contributed by atoms with Crippen molar-refractivity contribution in [1.29, 1.82) is 0 Å². The fraction of sp³-hybridized carbons (Fsp3) is 0.450. The molecule has 0 saturated heterocycles.